The summed E-state index contributed by atoms with van der Waals surface area (Å²) in [5.74, 6) is 1.66. The normalized spacial score (nSPS) is 10.8. The molecule has 4 N–H and O–H groups in total. The first kappa shape index (κ1) is 17.0. The Morgan fingerprint density at radius 2 is 2.04 bits per heavy atom. The molecule has 0 aliphatic carbocycles. The van der Waals surface area contributed by atoms with Gasteiger partial charge in [0.15, 0.2) is 5.65 Å². The van der Waals surface area contributed by atoms with Crippen molar-refractivity contribution in [3.05, 3.63) is 42.7 Å². The number of fused-ring (bicyclic) bond motifs is 1. The molecular weight excluding hydrogens is 316 g/mol. The van der Waals surface area contributed by atoms with Crippen LogP contribution in [0.2, 0.25) is 0 Å². The predicted molar refractivity (Wildman–Crippen MR) is 101 cm³/mol. The number of ether oxygens (including phenoxy) is 1. The van der Waals surface area contributed by atoms with Crippen LogP contribution in [0.15, 0.2) is 42.7 Å². The van der Waals surface area contributed by atoms with E-state index in [1.807, 2.05) is 43.5 Å². The van der Waals surface area contributed by atoms with Gasteiger partial charge in [-0.15, -0.1) is 5.10 Å². The lowest BCUT2D eigenvalue weighted by Crippen LogP contribution is -2.09. The molecule has 2 heterocycles. The Bertz CT molecular complexity index is 799. The lowest BCUT2D eigenvalue weighted by Gasteiger charge is -2.12. The van der Waals surface area contributed by atoms with Crippen LogP contribution in [0, 0.1) is 0 Å². The van der Waals surface area contributed by atoms with Crippen molar-refractivity contribution in [2.24, 2.45) is 5.73 Å². The number of hydrogen-bond acceptors (Lipinski definition) is 6. The van der Waals surface area contributed by atoms with Crippen molar-refractivity contribution in [3.63, 3.8) is 0 Å². The molecule has 3 aromatic rings. The average molecular weight is 340 g/mol. The van der Waals surface area contributed by atoms with Gasteiger partial charge < -0.3 is 21.1 Å². The first-order chi connectivity index (χ1) is 12.3. The maximum atomic E-state index is 5.53. The van der Waals surface area contributed by atoms with Crippen LogP contribution in [0.25, 0.3) is 5.65 Å². The Morgan fingerprint density at radius 1 is 1.20 bits per heavy atom. The lowest BCUT2D eigenvalue weighted by atomic mass is 10.3. The fourth-order valence-electron chi connectivity index (χ4n) is 2.54. The molecule has 0 atom stereocenters. The molecule has 0 bridgehead atoms. The molecule has 132 valence electrons. The molecule has 0 radical (unpaired) electrons. The van der Waals surface area contributed by atoms with Gasteiger partial charge in [0.25, 0.3) is 0 Å². The molecule has 0 fully saturated rings. The molecule has 0 saturated heterocycles. The second-order valence-electron chi connectivity index (χ2n) is 5.64. The summed E-state index contributed by atoms with van der Waals surface area (Å²) in [6.07, 6.45) is 5.59. The highest BCUT2D eigenvalue weighted by molar-refractivity contribution is 5.75. The largest absolute Gasteiger partial charge is 0.494 e. The second kappa shape index (κ2) is 8.34. The molecule has 25 heavy (non-hydrogen) atoms. The van der Waals surface area contributed by atoms with Crippen molar-refractivity contribution < 1.29 is 4.74 Å². The van der Waals surface area contributed by atoms with Crippen LogP contribution in [0.3, 0.4) is 0 Å². The van der Waals surface area contributed by atoms with Crippen LogP contribution in [0.4, 0.5) is 17.2 Å². The van der Waals surface area contributed by atoms with Gasteiger partial charge in [0.1, 0.15) is 11.6 Å². The van der Waals surface area contributed by atoms with E-state index < -0.39 is 0 Å². The van der Waals surface area contributed by atoms with E-state index >= 15 is 0 Å². The topological polar surface area (TPSA) is 89.5 Å². The van der Waals surface area contributed by atoms with Crippen molar-refractivity contribution in [3.8, 4) is 5.75 Å². The van der Waals surface area contributed by atoms with E-state index in [0.29, 0.717) is 13.2 Å². The zero-order valence-corrected chi connectivity index (χ0v) is 14.4. The molecule has 7 heteroatoms. The monoisotopic (exact) mass is 340 g/mol. The van der Waals surface area contributed by atoms with E-state index in [1.165, 1.54) is 0 Å². The minimum absolute atomic E-state index is 0.658. The molecule has 2 aromatic heterocycles. The smallest absolute Gasteiger partial charge is 0.177 e. The van der Waals surface area contributed by atoms with Gasteiger partial charge in [-0.05, 0) is 50.6 Å². The predicted octanol–water partition coefficient (Wildman–Crippen LogP) is 3.02. The fourth-order valence-corrected chi connectivity index (χ4v) is 2.54. The maximum Gasteiger partial charge on any atom is 0.177 e. The van der Waals surface area contributed by atoms with Gasteiger partial charge in [-0.2, -0.15) is 0 Å². The molecule has 0 spiro atoms. The zero-order chi connectivity index (χ0) is 17.5. The number of hydrogen-bond donors (Lipinski definition) is 3. The van der Waals surface area contributed by atoms with Gasteiger partial charge >= 0.3 is 0 Å². The van der Waals surface area contributed by atoms with Gasteiger partial charge in [-0.3, -0.25) is 0 Å². The van der Waals surface area contributed by atoms with E-state index in [1.54, 1.807) is 10.7 Å². The average Bonchev–Trinajstić information content (AvgIpc) is 3.10. The van der Waals surface area contributed by atoms with Gasteiger partial charge in [-0.1, -0.05) is 0 Å². The first-order valence-electron chi connectivity index (χ1n) is 8.58. The number of aromatic nitrogens is 3. The van der Waals surface area contributed by atoms with Crippen molar-refractivity contribution in [2.45, 2.75) is 19.8 Å². The quantitative estimate of drug-likeness (QED) is 0.519. The van der Waals surface area contributed by atoms with E-state index in [2.05, 4.69) is 20.7 Å². The summed E-state index contributed by atoms with van der Waals surface area (Å²) < 4.78 is 7.25. The van der Waals surface area contributed by atoms with Crippen LogP contribution < -0.4 is 21.1 Å². The Hall–Kier alpha value is -2.80. The van der Waals surface area contributed by atoms with Gasteiger partial charge in [0, 0.05) is 30.7 Å². The summed E-state index contributed by atoms with van der Waals surface area (Å²) in [5, 5.41) is 11.3. The third kappa shape index (κ3) is 4.39. The summed E-state index contributed by atoms with van der Waals surface area (Å²) in [6, 6.07) is 9.84. The number of anilines is 3. The summed E-state index contributed by atoms with van der Waals surface area (Å²) in [7, 11) is 0. The van der Waals surface area contributed by atoms with Crippen LogP contribution in [0.5, 0.6) is 5.75 Å². The number of benzene rings is 1. The second-order valence-corrected chi connectivity index (χ2v) is 5.64. The number of rotatable bonds is 9. The minimum atomic E-state index is 0.658. The zero-order valence-electron chi connectivity index (χ0n) is 14.4. The van der Waals surface area contributed by atoms with E-state index in [0.717, 1.165) is 48.0 Å². The van der Waals surface area contributed by atoms with E-state index in [-0.39, 0.29) is 0 Å². The summed E-state index contributed by atoms with van der Waals surface area (Å²) in [6.45, 7) is 4.18. The van der Waals surface area contributed by atoms with Crippen LogP contribution in [-0.4, -0.2) is 34.3 Å². The van der Waals surface area contributed by atoms with Gasteiger partial charge in [0.05, 0.1) is 12.3 Å². The lowest BCUT2D eigenvalue weighted by molar-refractivity contribution is 0.340. The third-order valence-electron chi connectivity index (χ3n) is 3.74. The Labute approximate surface area is 147 Å². The van der Waals surface area contributed by atoms with Crippen LogP contribution in [-0.2, 0) is 0 Å². The molecule has 3 rings (SSSR count). The summed E-state index contributed by atoms with van der Waals surface area (Å²) >= 11 is 0. The molecule has 0 aliphatic rings. The molecule has 0 amide bonds. The number of nitrogens with zero attached hydrogens (tertiary/aromatic N) is 3. The highest BCUT2D eigenvalue weighted by Crippen LogP contribution is 2.24. The fraction of sp³-hybridized carbons (Fsp3) is 0.333. The minimum Gasteiger partial charge on any atom is -0.494 e. The summed E-state index contributed by atoms with van der Waals surface area (Å²) in [5.41, 5.74) is 8.17. The van der Waals surface area contributed by atoms with Crippen molar-refractivity contribution >= 4 is 22.8 Å². The Balaban J connectivity index is 1.78. The van der Waals surface area contributed by atoms with E-state index in [9.17, 15) is 0 Å². The molecule has 7 nitrogen and oxygen atoms in total. The molecule has 0 aliphatic heterocycles. The van der Waals surface area contributed by atoms with E-state index in [4.69, 9.17) is 10.5 Å². The third-order valence-corrected chi connectivity index (χ3v) is 3.74. The molecular formula is C18H24N6O. The number of nitrogens with one attached hydrogen (secondary N) is 2. The van der Waals surface area contributed by atoms with Crippen LogP contribution in [0.1, 0.15) is 19.8 Å². The first-order valence-corrected chi connectivity index (χ1v) is 8.58. The van der Waals surface area contributed by atoms with Crippen LogP contribution >= 0.6 is 0 Å². The number of nitrogens with two attached hydrogens (primary N) is 1. The summed E-state index contributed by atoms with van der Waals surface area (Å²) in [4.78, 5) is 4.38. The standard InChI is InChI=1S/C18H24N6O/c1-2-25-15-7-5-14(6-8-15)22-16-13-17(20-10-4-3-9-19)23-24-12-11-21-18(16)24/h5-8,11-13,22H,2-4,9-10,19H2,1H3,(H,20,23). The maximum absolute atomic E-state index is 5.53. The number of unbranched alkanes of at least 4 members (excludes halogenated alkanes) is 1. The SMILES string of the molecule is CCOc1ccc(Nc2cc(NCCCCN)nn3ccnc23)cc1. The van der Waals surface area contributed by atoms with Crippen molar-refractivity contribution in [1.29, 1.82) is 0 Å². The van der Waals surface area contributed by atoms with Crippen molar-refractivity contribution in [1.82, 2.24) is 14.6 Å². The molecule has 1 aromatic carbocycles. The number of imidazole rings is 1. The van der Waals surface area contributed by atoms with Crippen molar-refractivity contribution in [2.75, 3.05) is 30.3 Å². The Kier molecular flexibility index (Phi) is 5.69. The highest BCUT2D eigenvalue weighted by Gasteiger charge is 2.08. The van der Waals surface area contributed by atoms with Gasteiger partial charge in [0.2, 0.25) is 0 Å². The van der Waals surface area contributed by atoms with Gasteiger partial charge in [-0.25, -0.2) is 9.50 Å². The Morgan fingerprint density at radius 3 is 2.80 bits per heavy atom. The molecule has 0 unspecified atom stereocenters. The highest BCUT2D eigenvalue weighted by atomic mass is 16.5. The molecule has 0 saturated carbocycles.